The van der Waals surface area contributed by atoms with Gasteiger partial charge in [0.2, 0.25) is 0 Å². The third-order valence-corrected chi connectivity index (χ3v) is 2.75. The molecule has 2 nitrogen and oxygen atoms in total. The molecule has 1 heterocycles. The van der Waals surface area contributed by atoms with Gasteiger partial charge in [-0.2, -0.15) is 0 Å². The van der Waals surface area contributed by atoms with Crippen LogP contribution in [0.25, 0.3) is 11.0 Å². The molecule has 0 bridgehead atoms. The summed E-state index contributed by atoms with van der Waals surface area (Å²) in [5, 5.41) is 1.20. The van der Waals surface area contributed by atoms with Gasteiger partial charge in [-0.15, -0.1) is 0 Å². The highest BCUT2D eigenvalue weighted by molar-refractivity contribution is 5.90. The number of aryl methyl sites for hydroxylation is 2. The summed E-state index contributed by atoms with van der Waals surface area (Å²) in [6.45, 7) is 7.24. The van der Waals surface area contributed by atoms with Crippen LogP contribution < -0.4 is 4.90 Å². The largest absolute Gasteiger partial charge is 0.459 e. The molecule has 2 aromatic rings. The van der Waals surface area contributed by atoms with Gasteiger partial charge in [-0.25, -0.2) is 0 Å². The van der Waals surface area contributed by atoms with Crippen LogP contribution >= 0.6 is 0 Å². The number of fused-ring (bicyclic) bond motifs is 1. The zero-order valence-corrected chi connectivity index (χ0v) is 9.79. The van der Waals surface area contributed by atoms with Gasteiger partial charge in [0, 0.05) is 19.0 Å². The second-order valence-electron chi connectivity index (χ2n) is 4.07. The zero-order chi connectivity index (χ0) is 11.0. The van der Waals surface area contributed by atoms with E-state index in [-0.39, 0.29) is 0 Å². The van der Waals surface area contributed by atoms with Crippen molar-refractivity contribution < 1.29 is 4.42 Å². The first-order valence-electron chi connectivity index (χ1n) is 5.33. The van der Waals surface area contributed by atoms with E-state index in [1.54, 1.807) is 0 Å². The minimum absolute atomic E-state index is 0.973. The second-order valence-corrected chi connectivity index (χ2v) is 4.07. The Kier molecular flexibility index (Phi) is 2.43. The Morgan fingerprint density at radius 3 is 2.60 bits per heavy atom. The molecular weight excluding hydrogens is 186 g/mol. The van der Waals surface area contributed by atoms with Crippen LogP contribution in [0, 0.1) is 13.8 Å². The smallest absolute Gasteiger partial charge is 0.157 e. The average Bonchev–Trinajstić information content (AvgIpc) is 2.55. The highest BCUT2D eigenvalue weighted by atomic mass is 16.3. The molecule has 0 spiro atoms. The first-order chi connectivity index (χ1) is 7.11. The van der Waals surface area contributed by atoms with E-state index in [1.807, 2.05) is 6.92 Å². The molecule has 0 N–H and O–H groups in total. The lowest BCUT2D eigenvalue weighted by Crippen LogP contribution is -2.15. The van der Waals surface area contributed by atoms with Gasteiger partial charge in [0.25, 0.3) is 0 Å². The summed E-state index contributed by atoms with van der Waals surface area (Å²) in [5.74, 6) is 0.973. The topological polar surface area (TPSA) is 16.4 Å². The Balaban J connectivity index is 2.70. The van der Waals surface area contributed by atoms with Crippen molar-refractivity contribution in [2.24, 2.45) is 0 Å². The molecule has 1 aromatic heterocycles. The highest BCUT2D eigenvalue weighted by Crippen LogP contribution is 2.30. The third kappa shape index (κ3) is 1.72. The van der Waals surface area contributed by atoms with Crippen LogP contribution in [0.3, 0.4) is 0 Å². The van der Waals surface area contributed by atoms with Gasteiger partial charge in [-0.3, -0.25) is 0 Å². The predicted molar refractivity (Wildman–Crippen MR) is 64.6 cm³/mol. The van der Waals surface area contributed by atoms with Crippen molar-refractivity contribution in [1.29, 1.82) is 0 Å². The number of nitrogens with zero attached hydrogens (tertiary/aromatic N) is 1. The zero-order valence-electron chi connectivity index (χ0n) is 9.79. The lowest BCUT2D eigenvalue weighted by molar-refractivity contribution is 0.578. The molecule has 0 unspecified atom stereocenters. The van der Waals surface area contributed by atoms with Crippen molar-refractivity contribution in [3.63, 3.8) is 0 Å². The summed E-state index contributed by atoms with van der Waals surface area (Å²) >= 11 is 0. The van der Waals surface area contributed by atoms with E-state index in [0.29, 0.717) is 0 Å². The summed E-state index contributed by atoms with van der Waals surface area (Å²) < 4.78 is 5.74. The molecule has 2 heteroatoms. The number of hydrogen-bond acceptors (Lipinski definition) is 2. The van der Waals surface area contributed by atoms with E-state index < -0.39 is 0 Å². The minimum atomic E-state index is 0.973. The molecule has 2 rings (SSSR count). The molecule has 0 radical (unpaired) electrons. The fourth-order valence-electron chi connectivity index (χ4n) is 1.86. The van der Waals surface area contributed by atoms with E-state index in [9.17, 15) is 0 Å². The number of rotatable bonds is 2. The molecule has 0 saturated carbocycles. The van der Waals surface area contributed by atoms with E-state index in [0.717, 1.165) is 17.9 Å². The van der Waals surface area contributed by atoms with Gasteiger partial charge in [-0.05, 0) is 44.5 Å². The first-order valence-corrected chi connectivity index (χ1v) is 5.33. The molecular formula is C13H17NO. The van der Waals surface area contributed by atoms with Gasteiger partial charge < -0.3 is 9.32 Å². The lowest BCUT2D eigenvalue weighted by Gasteiger charge is -2.17. The molecule has 0 fully saturated rings. The maximum absolute atomic E-state index is 5.74. The van der Waals surface area contributed by atoms with Crippen LogP contribution in [0.4, 0.5) is 5.69 Å². The average molecular weight is 203 g/mol. The maximum atomic E-state index is 5.74. The Labute approximate surface area is 90.5 Å². The van der Waals surface area contributed by atoms with Gasteiger partial charge in [0.1, 0.15) is 5.76 Å². The summed E-state index contributed by atoms with van der Waals surface area (Å²) in [4.78, 5) is 2.21. The van der Waals surface area contributed by atoms with Gasteiger partial charge in [-0.1, -0.05) is 0 Å². The fourth-order valence-corrected chi connectivity index (χ4v) is 1.86. The molecule has 0 aliphatic rings. The number of furan rings is 1. The quantitative estimate of drug-likeness (QED) is 0.742. The van der Waals surface area contributed by atoms with Crippen LogP contribution in [-0.2, 0) is 0 Å². The van der Waals surface area contributed by atoms with Crippen LogP contribution in [0.15, 0.2) is 22.6 Å². The van der Waals surface area contributed by atoms with E-state index >= 15 is 0 Å². The van der Waals surface area contributed by atoms with Crippen molar-refractivity contribution in [2.75, 3.05) is 18.5 Å². The van der Waals surface area contributed by atoms with Crippen LogP contribution in [0.2, 0.25) is 0 Å². The molecule has 0 aliphatic carbocycles. The summed E-state index contributed by atoms with van der Waals surface area (Å²) in [6.07, 6.45) is 0. The third-order valence-electron chi connectivity index (χ3n) is 2.75. The first kappa shape index (κ1) is 10.1. The van der Waals surface area contributed by atoms with Crippen LogP contribution in [0.5, 0.6) is 0 Å². The second kappa shape index (κ2) is 3.61. The normalized spacial score (nSPS) is 10.9. The Morgan fingerprint density at radius 1 is 1.20 bits per heavy atom. The molecule has 0 aliphatic heterocycles. The molecule has 1 aromatic carbocycles. The molecule has 0 atom stereocenters. The van der Waals surface area contributed by atoms with E-state index in [4.69, 9.17) is 4.42 Å². The van der Waals surface area contributed by atoms with Crippen LogP contribution in [-0.4, -0.2) is 13.6 Å². The SMILES string of the molecule is CCN(C)c1cc(C)cc2cc(C)oc12. The molecule has 15 heavy (non-hydrogen) atoms. The lowest BCUT2D eigenvalue weighted by atomic mass is 10.1. The Bertz CT molecular complexity index is 484. The predicted octanol–water partition coefficient (Wildman–Crippen LogP) is 3.51. The van der Waals surface area contributed by atoms with Crippen molar-refractivity contribution >= 4 is 16.7 Å². The summed E-state index contributed by atoms with van der Waals surface area (Å²) in [5.41, 5.74) is 3.46. The highest BCUT2D eigenvalue weighted by Gasteiger charge is 2.10. The maximum Gasteiger partial charge on any atom is 0.157 e. The Morgan fingerprint density at radius 2 is 1.93 bits per heavy atom. The van der Waals surface area contributed by atoms with Crippen LogP contribution in [0.1, 0.15) is 18.2 Å². The van der Waals surface area contributed by atoms with E-state index in [2.05, 4.69) is 44.0 Å². The van der Waals surface area contributed by atoms with Crippen molar-refractivity contribution in [2.45, 2.75) is 20.8 Å². The standard InChI is InChI=1S/C13H17NO/c1-5-14(4)12-7-9(2)6-11-8-10(3)15-13(11)12/h6-8H,5H2,1-4H3. The van der Waals surface area contributed by atoms with Crippen molar-refractivity contribution in [3.05, 3.63) is 29.5 Å². The van der Waals surface area contributed by atoms with Gasteiger partial charge >= 0.3 is 0 Å². The van der Waals surface area contributed by atoms with Gasteiger partial charge in [0.05, 0.1) is 5.69 Å². The van der Waals surface area contributed by atoms with Crippen molar-refractivity contribution in [3.8, 4) is 0 Å². The van der Waals surface area contributed by atoms with Gasteiger partial charge in [0.15, 0.2) is 5.58 Å². The number of hydrogen-bond donors (Lipinski definition) is 0. The minimum Gasteiger partial charge on any atom is -0.459 e. The molecule has 0 saturated heterocycles. The number of anilines is 1. The Hall–Kier alpha value is -1.44. The molecule has 80 valence electrons. The fraction of sp³-hybridized carbons (Fsp3) is 0.385. The number of benzene rings is 1. The van der Waals surface area contributed by atoms with E-state index in [1.165, 1.54) is 16.6 Å². The molecule has 0 amide bonds. The summed E-state index contributed by atoms with van der Waals surface area (Å²) in [7, 11) is 2.09. The summed E-state index contributed by atoms with van der Waals surface area (Å²) in [6, 6.07) is 6.43. The van der Waals surface area contributed by atoms with Crippen molar-refractivity contribution in [1.82, 2.24) is 0 Å². The monoisotopic (exact) mass is 203 g/mol.